The Morgan fingerprint density at radius 1 is 0.492 bits per heavy atom. The second-order valence-electron chi connectivity index (χ2n) is 17.5. The van der Waals surface area contributed by atoms with Crippen molar-refractivity contribution in [2.45, 2.75) is 33.1 Å². The molecule has 11 aromatic rings. The van der Waals surface area contributed by atoms with Crippen molar-refractivity contribution in [1.29, 1.82) is 0 Å². The molecule has 318 valence electrons. The Bertz CT molecular complexity index is 3580. The Morgan fingerprint density at radius 2 is 1.09 bits per heavy atom. The number of pyridine rings is 2. The van der Waals surface area contributed by atoms with Crippen LogP contribution in [0.4, 0.5) is 0 Å². The van der Waals surface area contributed by atoms with Gasteiger partial charge in [0, 0.05) is 24.2 Å². The number of aromatic nitrogens is 5. The number of hydrogen-bond acceptors (Lipinski definition) is 3. The summed E-state index contributed by atoms with van der Waals surface area (Å²) in [5.41, 5.74) is 15.2. The summed E-state index contributed by atoms with van der Waals surface area (Å²) in [4.78, 5) is 9.27. The molecule has 0 unspecified atom stereocenters. The first-order valence-corrected chi connectivity index (χ1v) is 22.7. The smallest absolute Gasteiger partial charge is 0.265 e. The predicted octanol–water partition coefficient (Wildman–Crippen LogP) is 14.8. The van der Waals surface area contributed by atoms with Gasteiger partial charge in [0.05, 0.1) is 0 Å². The van der Waals surface area contributed by atoms with E-state index in [0.717, 1.165) is 110 Å². The zero-order valence-electron chi connectivity index (χ0n) is 36.5. The summed E-state index contributed by atoms with van der Waals surface area (Å²) in [5, 5.41) is 2.29. The van der Waals surface area contributed by atoms with Crippen molar-refractivity contribution >= 4 is 32.8 Å². The molecule has 0 radical (unpaired) electrons. The van der Waals surface area contributed by atoms with Crippen LogP contribution in [0.1, 0.15) is 31.9 Å². The van der Waals surface area contributed by atoms with E-state index < -0.39 is 0 Å². The summed E-state index contributed by atoms with van der Waals surface area (Å²) in [6.45, 7) is 8.90. The molecule has 4 aromatic heterocycles. The van der Waals surface area contributed by atoms with Crippen molar-refractivity contribution in [2.75, 3.05) is 0 Å². The minimum atomic E-state index is -0.175. The van der Waals surface area contributed by atoms with Crippen molar-refractivity contribution in [3.05, 3.63) is 216 Å². The molecule has 0 atom stereocenters. The van der Waals surface area contributed by atoms with Gasteiger partial charge < -0.3 is 0 Å². The number of nitrogens with zero attached hydrogens (tertiary/aromatic N) is 5. The van der Waals surface area contributed by atoms with Gasteiger partial charge in [-0.05, 0) is 30.2 Å². The predicted molar refractivity (Wildman–Crippen MR) is 262 cm³/mol. The molecule has 0 fully saturated rings. The Kier molecular flexibility index (Phi) is 10.1. The van der Waals surface area contributed by atoms with E-state index in [-0.39, 0.29) is 5.41 Å². The average Bonchev–Trinajstić information content (AvgIpc) is 3.82. The first kappa shape index (κ1) is 40.4. The Morgan fingerprint density at radius 3 is 1.75 bits per heavy atom. The van der Waals surface area contributed by atoms with Gasteiger partial charge in [0.15, 0.2) is 0 Å². The fraction of sp³-hybridized carbons (Fsp3) is 0.0862. The van der Waals surface area contributed by atoms with Gasteiger partial charge in [0.1, 0.15) is 0 Å². The van der Waals surface area contributed by atoms with Crippen molar-refractivity contribution in [3.63, 3.8) is 0 Å². The standard InChI is InChI=1S/C58H45N5O.Pd/c1-39-32-56(60-37-51(39)42-28-30-59-31-29-42)63-52-23-12-11-20-49(52)50-27-26-45(36-55(50)63)64-46-34-43(58(2,3)4)33-44(35-46)61-38-62(54-25-14-13-24-53(54)61)57-47(40-16-7-5-8-17-40)21-15-22-48(57)41-18-9-6-10-19-41;/h5-37H,1-4H3;. The van der Waals surface area contributed by atoms with Gasteiger partial charge >= 0.3 is 319 Å². The minimum absolute atomic E-state index is 0.175. The van der Waals surface area contributed by atoms with E-state index in [4.69, 9.17) is 9.72 Å². The van der Waals surface area contributed by atoms with Crippen molar-refractivity contribution in [1.82, 2.24) is 23.7 Å². The maximum atomic E-state index is 7.00. The van der Waals surface area contributed by atoms with Crippen LogP contribution in [0.5, 0.6) is 11.5 Å². The van der Waals surface area contributed by atoms with Gasteiger partial charge in [-0.1, -0.05) is 12.1 Å². The fourth-order valence-electron chi connectivity index (χ4n) is 9.15. The summed E-state index contributed by atoms with van der Waals surface area (Å²) in [6.07, 6.45) is 5.61. The molecule has 0 amide bonds. The quantitative estimate of drug-likeness (QED) is 0.143. The maximum absolute atomic E-state index is 7.00. The molecule has 0 spiro atoms. The van der Waals surface area contributed by atoms with E-state index >= 15 is 0 Å². The first-order valence-electron chi connectivity index (χ1n) is 21.9. The molecule has 11 rings (SSSR count). The summed E-state index contributed by atoms with van der Waals surface area (Å²) in [7, 11) is 0. The van der Waals surface area contributed by atoms with E-state index in [1.54, 1.807) is 0 Å². The number of imidazole rings is 1. The van der Waals surface area contributed by atoms with E-state index in [0.29, 0.717) is 0 Å². The third kappa shape index (κ3) is 7.24. The second-order valence-corrected chi connectivity index (χ2v) is 18.2. The second kappa shape index (κ2) is 16.3. The molecule has 0 saturated heterocycles. The molecular weight excluding hydrogens is 889 g/mol. The van der Waals surface area contributed by atoms with Crippen LogP contribution >= 0.6 is 0 Å². The Hall–Kier alpha value is -7.43. The molecule has 0 aliphatic carbocycles. The minimum Gasteiger partial charge on any atom is -0.265 e. The van der Waals surface area contributed by atoms with E-state index in [1.165, 1.54) is 0 Å². The SMILES string of the molecule is Cc1cc(-n2c3ccccc3c3ccc(Oc4cc(-n5[c](=[Pd])n(-c6c(-c7ccccc7)cccc6-c6ccccc6)c6ccccc65)cc(C(C)(C)C)c4)cc32)ncc1-c1ccncc1. The third-order valence-electron chi connectivity index (χ3n) is 12.3. The number of benzene rings is 7. The molecule has 7 heteroatoms. The first-order chi connectivity index (χ1) is 31.7. The summed E-state index contributed by atoms with van der Waals surface area (Å²) in [5.74, 6) is 2.34. The Balaban J connectivity index is 1.07. The number of aryl methyl sites for hydroxylation is 1. The van der Waals surface area contributed by atoms with Gasteiger partial charge in [-0.15, -0.1) is 0 Å². The van der Waals surface area contributed by atoms with Crippen molar-refractivity contribution in [3.8, 4) is 62.1 Å². The van der Waals surface area contributed by atoms with E-state index in [2.05, 4.69) is 235 Å². The molecule has 6 nitrogen and oxygen atoms in total. The van der Waals surface area contributed by atoms with Crippen LogP contribution < -0.4 is 4.74 Å². The fourth-order valence-corrected chi connectivity index (χ4v) is 9.90. The van der Waals surface area contributed by atoms with Gasteiger partial charge in [0.2, 0.25) is 0 Å². The summed E-state index contributed by atoms with van der Waals surface area (Å²) < 4.78 is 14.9. The Labute approximate surface area is 388 Å². The number of ether oxygens (including phenoxy) is 1. The molecule has 0 saturated carbocycles. The molecule has 7 aromatic carbocycles. The van der Waals surface area contributed by atoms with Gasteiger partial charge in [-0.3, -0.25) is 4.98 Å². The van der Waals surface area contributed by atoms with E-state index in [9.17, 15) is 0 Å². The molecule has 0 bridgehead atoms. The van der Waals surface area contributed by atoms with Gasteiger partial charge in [0.25, 0.3) is 0 Å². The van der Waals surface area contributed by atoms with Crippen LogP contribution in [-0.2, 0) is 24.2 Å². The number of rotatable bonds is 8. The number of hydrogen-bond donors (Lipinski definition) is 0. The number of fused-ring (bicyclic) bond motifs is 4. The van der Waals surface area contributed by atoms with Crippen LogP contribution in [0.15, 0.2) is 201 Å². The number of para-hydroxylation sites is 4. The zero-order chi connectivity index (χ0) is 44.2. The van der Waals surface area contributed by atoms with Gasteiger partial charge in [-0.25, -0.2) is 0 Å². The molecular formula is C58H45N5OPd. The van der Waals surface area contributed by atoms with Crippen molar-refractivity contribution < 1.29 is 23.5 Å². The van der Waals surface area contributed by atoms with Crippen LogP contribution in [0.3, 0.4) is 0 Å². The molecule has 4 heterocycles. The zero-order valence-corrected chi connectivity index (χ0v) is 38.1. The summed E-state index contributed by atoms with van der Waals surface area (Å²) >= 11 is 3.82. The van der Waals surface area contributed by atoms with Crippen LogP contribution in [0, 0.1) is 10.8 Å². The average molecular weight is 934 g/mol. The van der Waals surface area contributed by atoms with Crippen LogP contribution in [0.2, 0.25) is 0 Å². The molecule has 65 heavy (non-hydrogen) atoms. The van der Waals surface area contributed by atoms with Crippen LogP contribution in [-0.4, -0.2) is 23.7 Å². The van der Waals surface area contributed by atoms with Crippen LogP contribution in [0.25, 0.3) is 83.4 Å². The topological polar surface area (TPSA) is 49.8 Å². The van der Waals surface area contributed by atoms with E-state index in [1.807, 2.05) is 30.7 Å². The van der Waals surface area contributed by atoms with Gasteiger partial charge in [-0.2, -0.15) is 0 Å². The summed E-state index contributed by atoms with van der Waals surface area (Å²) in [6, 6.07) is 64.4. The normalized spacial score (nSPS) is 11.8. The van der Waals surface area contributed by atoms with Crippen molar-refractivity contribution in [2.24, 2.45) is 0 Å². The molecule has 0 N–H and O–H groups in total. The molecule has 0 aliphatic heterocycles. The molecule has 0 aliphatic rings. The monoisotopic (exact) mass is 933 g/mol. The third-order valence-corrected chi connectivity index (χ3v) is 13.0.